The van der Waals surface area contributed by atoms with E-state index >= 15 is 0 Å². The summed E-state index contributed by atoms with van der Waals surface area (Å²) < 4.78 is 10.5. The minimum absolute atomic E-state index is 0.377. The smallest absolute Gasteiger partial charge is 0.336 e. The van der Waals surface area contributed by atoms with Crippen molar-refractivity contribution in [2.24, 2.45) is 0 Å². The molecule has 0 fully saturated rings. The number of rotatable bonds is 3. The standard InChI is InChI=1S/C22H16O3/c1-24-18-11-12-20-17(13-22(23)25-21(20)14-18)10-9-16-7-4-6-15-5-2-3-8-19(15)16/h2-14H,1H3. The van der Waals surface area contributed by atoms with Crippen LogP contribution in [0.4, 0.5) is 0 Å². The van der Waals surface area contributed by atoms with E-state index in [-0.39, 0.29) is 5.63 Å². The van der Waals surface area contributed by atoms with Crippen molar-refractivity contribution >= 4 is 33.9 Å². The molecule has 3 aromatic carbocycles. The Morgan fingerprint density at radius 1 is 0.840 bits per heavy atom. The van der Waals surface area contributed by atoms with Gasteiger partial charge in [-0.2, -0.15) is 0 Å². The zero-order chi connectivity index (χ0) is 17.2. The summed E-state index contributed by atoms with van der Waals surface area (Å²) in [5.74, 6) is 0.658. The lowest BCUT2D eigenvalue weighted by Crippen LogP contribution is -1.98. The van der Waals surface area contributed by atoms with Crippen LogP contribution >= 0.6 is 0 Å². The van der Waals surface area contributed by atoms with Crippen LogP contribution < -0.4 is 10.4 Å². The first-order chi connectivity index (χ1) is 12.2. The molecule has 1 aromatic heterocycles. The number of methoxy groups -OCH3 is 1. The van der Waals surface area contributed by atoms with Crippen molar-refractivity contribution < 1.29 is 9.15 Å². The molecule has 0 bridgehead atoms. The van der Waals surface area contributed by atoms with Gasteiger partial charge >= 0.3 is 5.63 Å². The van der Waals surface area contributed by atoms with Crippen molar-refractivity contribution in [3.05, 3.63) is 88.3 Å². The topological polar surface area (TPSA) is 39.4 Å². The first kappa shape index (κ1) is 15.2. The summed E-state index contributed by atoms with van der Waals surface area (Å²) in [6.07, 6.45) is 3.98. The second-order valence-corrected chi connectivity index (χ2v) is 5.78. The lowest BCUT2D eigenvalue weighted by atomic mass is 10.0. The zero-order valence-electron chi connectivity index (χ0n) is 13.7. The predicted molar refractivity (Wildman–Crippen MR) is 102 cm³/mol. The molecule has 0 saturated carbocycles. The fraction of sp³-hybridized carbons (Fsp3) is 0.0455. The Bertz CT molecular complexity index is 1150. The quantitative estimate of drug-likeness (QED) is 0.490. The Labute approximate surface area is 144 Å². The van der Waals surface area contributed by atoms with Crippen molar-refractivity contribution in [1.82, 2.24) is 0 Å². The van der Waals surface area contributed by atoms with Gasteiger partial charge in [-0.25, -0.2) is 4.79 Å². The Morgan fingerprint density at radius 3 is 2.52 bits per heavy atom. The molecule has 0 aliphatic heterocycles. The van der Waals surface area contributed by atoms with E-state index in [0.717, 1.165) is 16.5 Å². The lowest BCUT2D eigenvalue weighted by Gasteiger charge is -2.05. The molecule has 0 saturated heterocycles. The highest BCUT2D eigenvalue weighted by Gasteiger charge is 2.05. The maximum Gasteiger partial charge on any atom is 0.336 e. The SMILES string of the molecule is COc1ccc2c(C=Cc3cccc4ccccc34)cc(=O)oc2c1. The largest absolute Gasteiger partial charge is 0.497 e. The van der Waals surface area contributed by atoms with Gasteiger partial charge in [-0.15, -0.1) is 0 Å². The molecule has 3 heteroatoms. The van der Waals surface area contributed by atoms with Gasteiger partial charge < -0.3 is 9.15 Å². The van der Waals surface area contributed by atoms with Crippen LogP contribution in [0.1, 0.15) is 11.1 Å². The van der Waals surface area contributed by atoms with Gasteiger partial charge in [-0.3, -0.25) is 0 Å². The molecule has 0 amide bonds. The highest BCUT2D eigenvalue weighted by Crippen LogP contribution is 2.25. The van der Waals surface area contributed by atoms with Crippen LogP contribution in [-0.2, 0) is 0 Å². The number of fused-ring (bicyclic) bond motifs is 2. The predicted octanol–water partition coefficient (Wildman–Crippen LogP) is 5.13. The molecule has 4 rings (SSSR count). The van der Waals surface area contributed by atoms with Crippen molar-refractivity contribution in [3.63, 3.8) is 0 Å². The summed E-state index contributed by atoms with van der Waals surface area (Å²) >= 11 is 0. The number of hydrogen-bond donors (Lipinski definition) is 0. The van der Waals surface area contributed by atoms with E-state index in [1.54, 1.807) is 13.2 Å². The Morgan fingerprint density at radius 2 is 1.64 bits per heavy atom. The van der Waals surface area contributed by atoms with Crippen molar-refractivity contribution in [2.45, 2.75) is 0 Å². The maximum atomic E-state index is 11.9. The van der Waals surface area contributed by atoms with Crippen LogP contribution in [0.5, 0.6) is 5.75 Å². The second-order valence-electron chi connectivity index (χ2n) is 5.78. The van der Waals surface area contributed by atoms with Gasteiger partial charge in [0.25, 0.3) is 0 Å². The normalized spacial score (nSPS) is 11.4. The number of benzene rings is 3. The van der Waals surface area contributed by atoms with Crippen molar-refractivity contribution in [2.75, 3.05) is 7.11 Å². The van der Waals surface area contributed by atoms with Gasteiger partial charge in [0, 0.05) is 17.5 Å². The van der Waals surface area contributed by atoms with E-state index in [9.17, 15) is 4.79 Å². The molecule has 0 spiro atoms. The first-order valence-corrected chi connectivity index (χ1v) is 8.02. The molecule has 0 radical (unpaired) electrons. The molecule has 122 valence electrons. The average Bonchev–Trinajstić information content (AvgIpc) is 2.65. The van der Waals surface area contributed by atoms with Crippen LogP contribution in [0, 0.1) is 0 Å². The van der Waals surface area contributed by atoms with Crippen molar-refractivity contribution in [1.29, 1.82) is 0 Å². The molecule has 25 heavy (non-hydrogen) atoms. The first-order valence-electron chi connectivity index (χ1n) is 8.02. The summed E-state index contributed by atoms with van der Waals surface area (Å²) in [6.45, 7) is 0. The molecular weight excluding hydrogens is 312 g/mol. The zero-order valence-corrected chi connectivity index (χ0v) is 13.7. The van der Waals surface area contributed by atoms with Crippen LogP contribution in [0.3, 0.4) is 0 Å². The van der Waals surface area contributed by atoms with E-state index in [1.165, 1.54) is 16.8 Å². The molecule has 0 atom stereocenters. The minimum atomic E-state index is -0.377. The Kier molecular flexibility index (Phi) is 3.82. The van der Waals surface area contributed by atoms with Gasteiger partial charge in [0.15, 0.2) is 0 Å². The highest BCUT2D eigenvalue weighted by atomic mass is 16.5. The van der Waals surface area contributed by atoms with E-state index in [1.807, 2.05) is 42.5 Å². The lowest BCUT2D eigenvalue weighted by molar-refractivity contribution is 0.414. The van der Waals surface area contributed by atoms with Gasteiger partial charge in [0.05, 0.1) is 7.11 Å². The fourth-order valence-electron chi connectivity index (χ4n) is 3.01. The van der Waals surface area contributed by atoms with E-state index in [4.69, 9.17) is 9.15 Å². The van der Waals surface area contributed by atoms with Crippen LogP contribution in [0.25, 0.3) is 33.9 Å². The summed E-state index contributed by atoms with van der Waals surface area (Å²) in [7, 11) is 1.59. The Balaban J connectivity index is 1.85. The molecule has 0 unspecified atom stereocenters. The summed E-state index contributed by atoms with van der Waals surface area (Å²) in [6, 6.07) is 21.4. The summed E-state index contributed by atoms with van der Waals surface area (Å²) in [5, 5.41) is 3.24. The highest BCUT2D eigenvalue weighted by molar-refractivity contribution is 5.95. The molecule has 3 nitrogen and oxygen atoms in total. The van der Waals surface area contributed by atoms with Gasteiger partial charge in [-0.05, 0) is 34.0 Å². The summed E-state index contributed by atoms with van der Waals surface area (Å²) in [5.41, 5.74) is 2.07. The third kappa shape index (κ3) is 2.92. The Hall–Kier alpha value is -3.33. The van der Waals surface area contributed by atoms with E-state index in [2.05, 4.69) is 24.3 Å². The maximum absolute atomic E-state index is 11.9. The third-order valence-electron chi connectivity index (χ3n) is 4.25. The van der Waals surface area contributed by atoms with Crippen molar-refractivity contribution in [3.8, 4) is 5.75 Å². The fourth-order valence-corrected chi connectivity index (χ4v) is 3.01. The van der Waals surface area contributed by atoms with Crippen LogP contribution in [-0.4, -0.2) is 7.11 Å². The second kappa shape index (κ2) is 6.29. The molecule has 0 N–H and O–H groups in total. The number of ether oxygens (including phenoxy) is 1. The van der Waals surface area contributed by atoms with Gasteiger partial charge in [-0.1, -0.05) is 54.6 Å². The molecule has 0 aliphatic rings. The van der Waals surface area contributed by atoms with Gasteiger partial charge in [0.2, 0.25) is 0 Å². The molecule has 4 aromatic rings. The number of hydrogen-bond acceptors (Lipinski definition) is 3. The van der Waals surface area contributed by atoms with Crippen LogP contribution in [0.2, 0.25) is 0 Å². The van der Waals surface area contributed by atoms with Gasteiger partial charge in [0.1, 0.15) is 11.3 Å². The molecular formula is C22H16O3. The van der Waals surface area contributed by atoms with E-state index in [0.29, 0.717) is 11.3 Å². The molecule has 0 aliphatic carbocycles. The summed E-state index contributed by atoms with van der Waals surface area (Å²) in [4.78, 5) is 11.9. The van der Waals surface area contributed by atoms with Crippen LogP contribution in [0.15, 0.2) is 75.9 Å². The monoisotopic (exact) mass is 328 g/mol. The minimum Gasteiger partial charge on any atom is -0.497 e. The molecule has 1 heterocycles. The third-order valence-corrected chi connectivity index (χ3v) is 4.25. The average molecular weight is 328 g/mol. The van der Waals surface area contributed by atoms with E-state index < -0.39 is 0 Å².